The van der Waals surface area contributed by atoms with Gasteiger partial charge in [0.2, 0.25) is 0 Å². The lowest BCUT2D eigenvalue weighted by Gasteiger charge is -2.11. The Hall–Kier alpha value is -3.48. The second-order valence-electron chi connectivity index (χ2n) is 5.82. The van der Waals surface area contributed by atoms with Crippen molar-refractivity contribution in [3.05, 3.63) is 71.8 Å². The summed E-state index contributed by atoms with van der Waals surface area (Å²) in [5.41, 5.74) is 4.05. The van der Waals surface area contributed by atoms with Crippen molar-refractivity contribution in [3.8, 4) is 5.69 Å². The molecule has 0 atom stereocenters. The first-order chi connectivity index (χ1) is 12.1. The molecule has 0 fully saturated rings. The fourth-order valence-electron chi connectivity index (χ4n) is 2.71. The third-order valence-corrected chi connectivity index (χ3v) is 4.00. The minimum absolute atomic E-state index is 0.277. The van der Waals surface area contributed by atoms with Gasteiger partial charge in [-0.3, -0.25) is 4.79 Å². The molecular formula is C18H16N6O. The highest BCUT2D eigenvalue weighted by atomic mass is 16.1. The van der Waals surface area contributed by atoms with Crippen LogP contribution in [0.1, 0.15) is 21.5 Å². The SMILES string of the molecule is Cc1ccc(C)c(-n2nccc2NC(=O)c2cnn3cccnc23)c1. The van der Waals surface area contributed by atoms with Crippen molar-refractivity contribution in [1.82, 2.24) is 24.4 Å². The Balaban J connectivity index is 1.69. The first-order valence-corrected chi connectivity index (χ1v) is 7.85. The number of amides is 1. The van der Waals surface area contributed by atoms with E-state index < -0.39 is 0 Å². The molecule has 0 spiro atoms. The van der Waals surface area contributed by atoms with Crippen LogP contribution in [0.5, 0.6) is 0 Å². The first kappa shape index (κ1) is 15.1. The van der Waals surface area contributed by atoms with Crippen LogP contribution in [0, 0.1) is 13.8 Å². The van der Waals surface area contributed by atoms with Crippen LogP contribution in [-0.4, -0.2) is 30.3 Å². The molecule has 0 aliphatic rings. The Bertz CT molecular complexity index is 1080. The number of benzene rings is 1. The third kappa shape index (κ3) is 2.65. The Morgan fingerprint density at radius 3 is 2.88 bits per heavy atom. The normalized spacial score (nSPS) is 11.0. The second kappa shape index (κ2) is 5.86. The number of nitrogens with zero attached hydrogens (tertiary/aromatic N) is 5. The van der Waals surface area contributed by atoms with E-state index in [2.05, 4.69) is 20.5 Å². The van der Waals surface area contributed by atoms with Crippen molar-refractivity contribution in [2.24, 2.45) is 0 Å². The van der Waals surface area contributed by atoms with Gasteiger partial charge in [-0.1, -0.05) is 12.1 Å². The molecule has 4 rings (SSSR count). The summed E-state index contributed by atoms with van der Waals surface area (Å²) in [6.07, 6.45) is 6.55. The van der Waals surface area contributed by atoms with Gasteiger partial charge in [0.1, 0.15) is 11.4 Å². The molecule has 7 nitrogen and oxygen atoms in total. The van der Waals surface area contributed by atoms with Crippen LogP contribution in [-0.2, 0) is 0 Å². The van der Waals surface area contributed by atoms with E-state index in [0.29, 0.717) is 17.0 Å². The average molecular weight is 332 g/mol. The van der Waals surface area contributed by atoms with E-state index in [1.807, 2.05) is 32.0 Å². The zero-order valence-corrected chi connectivity index (χ0v) is 13.8. The van der Waals surface area contributed by atoms with Crippen LogP contribution in [0.2, 0.25) is 0 Å². The Morgan fingerprint density at radius 1 is 1.12 bits per heavy atom. The molecule has 25 heavy (non-hydrogen) atoms. The summed E-state index contributed by atoms with van der Waals surface area (Å²) in [6.45, 7) is 4.03. The number of nitrogens with one attached hydrogen (secondary N) is 1. The summed E-state index contributed by atoms with van der Waals surface area (Å²) in [6, 6.07) is 9.64. The molecule has 124 valence electrons. The molecule has 3 heterocycles. The fraction of sp³-hybridized carbons (Fsp3) is 0.111. The maximum atomic E-state index is 12.7. The Labute approximate surface area is 143 Å². The van der Waals surface area contributed by atoms with E-state index in [1.54, 1.807) is 39.9 Å². The van der Waals surface area contributed by atoms with Gasteiger partial charge in [-0.05, 0) is 37.1 Å². The fourth-order valence-corrected chi connectivity index (χ4v) is 2.71. The van der Waals surface area contributed by atoms with E-state index in [9.17, 15) is 4.79 Å². The molecule has 1 amide bonds. The van der Waals surface area contributed by atoms with Crippen LogP contribution in [0.4, 0.5) is 5.82 Å². The van der Waals surface area contributed by atoms with E-state index in [1.165, 1.54) is 6.20 Å². The monoisotopic (exact) mass is 332 g/mol. The number of fused-ring (bicyclic) bond motifs is 1. The summed E-state index contributed by atoms with van der Waals surface area (Å²) < 4.78 is 3.29. The van der Waals surface area contributed by atoms with E-state index in [0.717, 1.165) is 16.8 Å². The van der Waals surface area contributed by atoms with Gasteiger partial charge in [-0.15, -0.1) is 0 Å². The highest BCUT2D eigenvalue weighted by Crippen LogP contribution is 2.21. The number of anilines is 1. The summed E-state index contributed by atoms with van der Waals surface area (Å²) in [7, 11) is 0. The van der Waals surface area contributed by atoms with Gasteiger partial charge in [-0.2, -0.15) is 10.2 Å². The zero-order valence-electron chi connectivity index (χ0n) is 13.8. The predicted octanol–water partition coefficient (Wildman–Crippen LogP) is 2.78. The van der Waals surface area contributed by atoms with Crippen LogP contribution in [0.25, 0.3) is 11.3 Å². The van der Waals surface area contributed by atoms with Crippen molar-refractivity contribution in [2.45, 2.75) is 13.8 Å². The molecule has 4 aromatic rings. The minimum atomic E-state index is -0.277. The molecular weight excluding hydrogens is 316 g/mol. The van der Waals surface area contributed by atoms with Gasteiger partial charge in [0.15, 0.2) is 5.65 Å². The van der Waals surface area contributed by atoms with Crippen molar-refractivity contribution in [2.75, 3.05) is 5.32 Å². The van der Waals surface area contributed by atoms with Crippen molar-refractivity contribution in [3.63, 3.8) is 0 Å². The number of hydrogen-bond acceptors (Lipinski definition) is 4. The van der Waals surface area contributed by atoms with Gasteiger partial charge in [0, 0.05) is 18.5 Å². The predicted molar refractivity (Wildman–Crippen MR) is 94.0 cm³/mol. The molecule has 1 aromatic carbocycles. The van der Waals surface area contributed by atoms with Crippen LogP contribution in [0.15, 0.2) is 55.1 Å². The molecule has 1 N–H and O–H groups in total. The maximum absolute atomic E-state index is 12.7. The van der Waals surface area contributed by atoms with Gasteiger partial charge >= 0.3 is 0 Å². The largest absolute Gasteiger partial charge is 0.306 e. The summed E-state index contributed by atoms with van der Waals surface area (Å²) in [5, 5.41) is 11.4. The van der Waals surface area contributed by atoms with Crippen molar-refractivity contribution >= 4 is 17.4 Å². The van der Waals surface area contributed by atoms with E-state index in [-0.39, 0.29) is 5.91 Å². The Morgan fingerprint density at radius 2 is 2.00 bits per heavy atom. The molecule has 0 bridgehead atoms. The lowest BCUT2D eigenvalue weighted by Crippen LogP contribution is -2.15. The quantitative estimate of drug-likeness (QED) is 0.626. The van der Waals surface area contributed by atoms with Gasteiger partial charge in [0.25, 0.3) is 5.91 Å². The number of aryl methyl sites for hydroxylation is 2. The molecule has 7 heteroatoms. The van der Waals surface area contributed by atoms with E-state index >= 15 is 0 Å². The minimum Gasteiger partial charge on any atom is -0.306 e. The van der Waals surface area contributed by atoms with E-state index in [4.69, 9.17) is 0 Å². The Kier molecular flexibility index (Phi) is 3.53. The van der Waals surface area contributed by atoms with Crippen LogP contribution >= 0.6 is 0 Å². The highest BCUT2D eigenvalue weighted by Gasteiger charge is 2.16. The number of carbonyl (C=O) groups excluding carboxylic acids is 1. The third-order valence-electron chi connectivity index (χ3n) is 4.00. The van der Waals surface area contributed by atoms with Gasteiger partial charge in [-0.25, -0.2) is 14.2 Å². The molecule has 0 unspecified atom stereocenters. The standard InChI is InChI=1S/C18H16N6O/c1-12-4-5-13(2)15(10-12)24-16(6-8-20-24)22-18(25)14-11-21-23-9-3-7-19-17(14)23/h3-11H,1-2H3,(H,22,25). The summed E-state index contributed by atoms with van der Waals surface area (Å²) in [4.78, 5) is 16.9. The molecule has 0 aliphatic carbocycles. The van der Waals surface area contributed by atoms with Crippen molar-refractivity contribution < 1.29 is 4.79 Å². The average Bonchev–Trinajstić information content (AvgIpc) is 3.23. The number of hydrogen-bond donors (Lipinski definition) is 1. The zero-order chi connectivity index (χ0) is 17.4. The summed E-state index contributed by atoms with van der Waals surface area (Å²) in [5.74, 6) is 0.315. The van der Waals surface area contributed by atoms with Crippen LogP contribution < -0.4 is 5.32 Å². The maximum Gasteiger partial charge on any atom is 0.262 e. The topological polar surface area (TPSA) is 77.1 Å². The molecule has 0 saturated carbocycles. The lowest BCUT2D eigenvalue weighted by molar-refractivity contribution is 0.102. The number of rotatable bonds is 3. The smallest absolute Gasteiger partial charge is 0.262 e. The molecule has 0 saturated heterocycles. The lowest BCUT2D eigenvalue weighted by atomic mass is 10.1. The number of carbonyl (C=O) groups is 1. The first-order valence-electron chi connectivity index (χ1n) is 7.85. The van der Waals surface area contributed by atoms with Crippen molar-refractivity contribution in [1.29, 1.82) is 0 Å². The molecule has 0 radical (unpaired) electrons. The van der Waals surface area contributed by atoms with Gasteiger partial charge in [0.05, 0.1) is 18.1 Å². The summed E-state index contributed by atoms with van der Waals surface area (Å²) >= 11 is 0. The highest BCUT2D eigenvalue weighted by molar-refractivity contribution is 6.07. The second-order valence-corrected chi connectivity index (χ2v) is 5.82. The molecule has 3 aromatic heterocycles. The van der Waals surface area contributed by atoms with Gasteiger partial charge < -0.3 is 5.32 Å². The molecule has 0 aliphatic heterocycles. The number of aromatic nitrogens is 5. The van der Waals surface area contributed by atoms with Crippen LogP contribution in [0.3, 0.4) is 0 Å².